The van der Waals surface area contributed by atoms with Crippen molar-refractivity contribution in [3.8, 4) is 6.07 Å². The molecule has 2 aromatic heterocycles. The molecule has 3 atom stereocenters. The number of nitrogens with zero attached hydrogens (tertiary/aromatic N) is 4. The Hall–Kier alpha value is -2.15. The summed E-state index contributed by atoms with van der Waals surface area (Å²) >= 11 is 0. The van der Waals surface area contributed by atoms with Gasteiger partial charge in [0.15, 0.2) is 0 Å². The molecule has 0 spiro atoms. The molecule has 29 heavy (non-hydrogen) atoms. The number of nitrogens with one attached hydrogen (secondary N) is 1. The number of hydrogen-bond donors (Lipinski definition) is 2. The predicted octanol–water partition coefficient (Wildman–Crippen LogP) is 1.68. The van der Waals surface area contributed by atoms with E-state index in [-0.39, 0.29) is 30.2 Å². The number of hydrogen-bond acceptors (Lipinski definition) is 6. The van der Waals surface area contributed by atoms with Gasteiger partial charge in [-0.3, -0.25) is 0 Å². The van der Waals surface area contributed by atoms with Crippen LogP contribution < -0.4 is 4.90 Å². The summed E-state index contributed by atoms with van der Waals surface area (Å²) in [4.78, 5) is 9.51. The zero-order valence-corrected chi connectivity index (χ0v) is 17.4. The van der Waals surface area contributed by atoms with Crippen LogP contribution in [0.2, 0.25) is 0 Å². The lowest BCUT2D eigenvalue weighted by Crippen LogP contribution is -2.34. The second kappa shape index (κ2) is 7.94. The van der Waals surface area contributed by atoms with Crippen LogP contribution in [0.5, 0.6) is 0 Å². The largest absolute Gasteiger partial charge is 0.396 e. The lowest BCUT2D eigenvalue weighted by atomic mass is 10.1. The normalized spacial score (nSPS) is 25.5. The van der Waals surface area contributed by atoms with E-state index in [4.69, 9.17) is 0 Å². The van der Waals surface area contributed by atoms with Crippen molar-refractivity contribution in [1.82, 2.24) is 14.3 Å². The summed E-state index contributed by atoms with van der Waals surface area (Å²) in [7, 11) is -1.32. The quantitative estimate of drug-likeness (QED) is 0.739. The fourth-order valence-electron chi connectivity index (χ4n) is 4.79. The lowest BCUT2D eigenvalue weighted by Gasteiger charge is -2.28. The van der Waals surface area contributed by atoms with Crippen molar-refractivity contribution in [3.63, 3.8) is 0 Å². The van der Waals surface area contributed by atoms with Crippen LogP contribution in [-0.2, 0) is 10.0 Å². The Morgan fingerprint density at radius 3 is 2.93 bits per heavy atom. The molecule has 1 saturated heterocycles. The Kier molecular flexibility index (Phi) is 5.51. The first kappa shape index (κ1) is 20.1. The maximum atomic E-state index is 12.8. The highest BCUT2D eigenvalue weighted by Gasteiger charge is 2.36. The molecule has 0 bridgehead atoms. The second-order valence-electron chi connectivity index (χ2n) is 8.29. The SMILES string of the molecule is CN(c1c(C#N)cnc2[nH]ccc12)C1CC[C@H](CS(=O)(=O)N2CCC(CO)C2)C1. The molecule has 2 aliphatic rings. The molecule has 2 N–H and O–H groups in total. The number of anilines is 1. The average molecular weight is 418 g/mol. The molecule has 1 aliphatic carbocycles. The maximum absolute atomic E-state index is 12.8. The van der Waals surface area contributed by atoms with E-state index in [2.05, 4.69) is 20.9 Å². The Morgan fingerprint density at radius 1 is 1.38 bits per heavy atom. The first-order valence-corrected chi connectivity index (χ1v) is 11.7. The lowest BCUT2D eigenvalue weighted by molar-refractivity contribution is 0.233. The van der Waals surface area contributed by atoms with Crippen molar-refractivity contribution in [2.45, 2.75) is 31.7 Å². The van der Waals surface area contributed by atoms with Gasteiger partial charge >= 0.3 is 0 Å². The number of H-pyrrole nitrogens is 1. The van der Waals surface area contributed by atoms with Crippen LogP contribution in [0.1, 0.15) is 31.2 Å². The van der Waals surface area contributed by atoms with Gasteiger partial charge in [0.2, 0.25) is 10.0 Å². The second-order valence-corrected chi connectivity index (χ2v) is 10.3. The molecule has 0 amide bonds. The number of aromatic amines is 1. The minimum absolute atomic E-state index is 0.0447. The Morgan fingerprint density at radius 2 is 2.21 bits per heavy atom. The third-order valence-corrected chi connectivity index (χ3v) is 8.45. The first-order valence-electron chi connectivity index (χ1n) is 10.1. The Labute approximate surface area is 171 Å². The van der Waals surface area contributed by atoms with Gasteiger partial charge in [0.05, 0.1) is 17.0 Å². The fourth-order valence-corrected chi connectivity index (χ4v) is 6.72. The maximum Gasteiger partial charge on any atom is 0.214 e. The molecular formula is C20H27N5O3S. The predicted molar refractivity (Wildman–Crippen MR) is 111 cm³/mol. The van der Waals surface area contributed by atoms with Gasteiger partial charge in [-0.15, -0.1) is 0 Å². The van der Waals surface area contributed by atoms with E-state index in [1.807, 2.05) is 19.3 Å². The molecular weight excluding hydrogens is 390 g/mol. The molecule has 0 radical (unpaired) electrons. The van der Waals surface area contributed by atoms with Crippen LogP contribution in [0.15, 0.2) is 18.5 Å². The van der Waals surface area contributed by atoms with Crippen LogP contribution in [0.25, 0.3) is 11.0 Å². The van der Waals surface area contributed by atoms with E-state index in [1.165, 1.54) is 0 Å². The van der Waals surface area contributed by atoms with Gasteiger partial charge in [0.25, 0.3) is 0 Å². The van der Waals surface area contributed by atoms with Gasteiger partial charge in [0.1, 0.15) is 11.7 Å². The van der Waals surface area contributed by atoms with Crippen molar-refractivity contribution in [1.29, 1.82) is 5.26 Å². The summed E-state index contributed by atoms with van der Waals surface area (Å²) < 4.78 is 27.2. The van der Waals surface area contributed by atoms with Crippen LogP contribution >= 0.6 is 0 Å². The Balaban J connectivity index is 1.47. The number of aromatic nitrogens is 2. The highest BCUT2D eigenvalue weighted by molar-refractivity contribution is 7.89. The van der Waals surface area contributed by atoms with E-state index in [9.17, 15) is 18.8 Å². The third-order valence-electron chi connectivity index (χ3n) is 6.44. The van der Waals surface area contributed by atoms with Gasteiger partial charge in [-0.25, -0.2) is 17.7 Å². The summed E-state index contributed by atoms with van der Waals surface area (Å²) in [6.07, 6.45) is 6.68. The summed E-state index contributed by atoms with van der Waals surface area (Å²) in [5.41, 5.74) is 2.14. The highest BCUT2D eigenvalue weighted by Crippen LogP contribution is 2.37. The van der Waals surface area contributed by atoms with Crippen molar-refractivity contribution >= 4 is 26.7 Å². The van der Waals surface area contributed by atoms with Crippen molar-refractivity contribution < 1.29 is 13.5 Å². The van der Waals surface area contributed by atoms with Crippen molar-refractivity contribution in [2.24, 2.45) is 11.8 Å². The van der Waals surface area contributed by atoms with Gasteiger partial charge in [-0.1, -0.05) is 0 Å². The number of aliphatic hydroxyl groups excluding tert-OH is 1. The summed E-state index contributed by atoms with van der Waals surface area (Å²) in [5, 5.41) is 19.7. The molecule has 1 saturated carbocycles. The molecule has 1 aliphatic heterocycles. The van der Waals surface area contributed by atoms with Gasteiger partial charge < -0.3 is 15.0 Å². The van der Waals surface area contributed by atoms with Crippen molar-refractivity contribution in [2.75, 3.05) is 37.4 Å². The smallest absolute Gasteiger partial charge is 0.214 e. The molecule has 2 unspecified atom stereocenters. The Bertz CT molecular complexity index is 1030. The minimum atomic E-state index is -3.30. The van der Waals surface area contributed by atoms with E-state index in [0.29, 0.717) is 18.7 Å². The molecule has 156 valence electrons. The van der Waals surface area contributed by atoms with E-state index >= 15 is 0 Å². The number of fused-ring (bicyclic) bond motifs is 1. The zero-order chi connectivity index (χ0) is 20.6. The molecule has 8 nitrogen and oxygen atoms in total. The standard InChI is InChI=1S/C20H27N5O3S/c1-24(19-16(9-21)10-23-20-18(19)4-6-22-20)17-3-2-14(8-17)13-29(27,28)25-7-5-15(11-25)12-26/h4,6,10,14-15,17,26H,2-3,5,7-8,11-13H2,1H3,(H,22,23)/t14-,15?,17?/m0/s1. The van der Waals surface area contributed by atoms with E-state index < -0.39 is 10.0 Å². The molecule has 0 aromatic carbocycles. The van der Waals surface area contributed by atoms with E-state index in [0.717, 1.165) is 42.4 Å². The summed E-state index contributed by atoms with van der Waals surface area (Å²) in [6.45, 7) is 0.990. The van der Waals surface area contributed by atoms with Crippen molar-refractivity contribution in [3.05, 3.63) is 24.0 Å². The molecule has 2 fully saturated rings. The summed E-state index contributed by atoms with van der Waals surface area (Å²) in [6, 6.07) is 4.35. The molecule has 4 rings (SSSR count). The third kappa shape index (κ3) is 3.84. The molecule has 2 aromatic rings. The highest BCUT2D eigenvalue weighted by atomic mass is 32.2. The van der Waals surface area contributed by atoms with E-state index in [1.54, 1.807) is 10.5 Å². The zero-order valence-electron chi connectivity index (χ0n) is 16.6. The van der Waals surface area contributed by atoms with Crippen LogP contribution in [0.3, 0.4) is 0 Å². The van der Waals surface area contributed by atoms with Crippen LogP contribution in [0.4, 0.5) is 5.69 Å². The van der Waals surface area contributed by atoms with Gasteiger partial charge in [-0.05, 0) is 43.6 Å². The van der Waals surface area contributed by atoms with Crippen LogP contribution in [0, 0.1) is 23.2 Å². The molecule has 9 heteroatoms. The number of rotatable bonds is 6. The number of aliphatic hydroxyl groups is 1. The minimum Gasteiger partial charge on any atom is -0.396 e. The number of nitriles is 1. The molecule has 3 heterocycles. The topological polar surface area (TPSA) is 113 Å². The first-order chi connectivity index (χ1) is 13.9. The van der Waals surface area contributed by atoms with Gasteiger partial charge in [0, 0.05) is 50.6 Å². The fraction of sp³-hybridized carbons (Fsp3) is 0.600. The average Bonchev–Trinajstić information content (AvgIpc) is 3.45. The van der Waals surface area contributed by atoms with Crippen LogP contribution in [-0.4, -0.2) is 66.3 Å². The monoisotopic (exact) mass is 417 g/mol. The summed E-state index contributed by atoms with van der Waals surface area (Å²) in [5.74, 6) is 0.332. The number of sulfonamides is 1. The van der Waals surface area contributed by atoms with Gasteiger partial charge in [-0.2, -0.15) is 5.26 Å². The number of pyridine rings is 1.